The number of hydrogen-bond donors (Lipinski definition) is 4. The molecule has 0 amide bonds. The van der Waals surface area contributed by atoms with Crippen molar-refractivity contribution < 1.29 is 9.11 Å². The summed E-state index contributed by atoms with van der Waals surface area (Å²) in [6.07, 6.45) is 0. The number of anilines is 2. The summed E-state index contributed by atoms with van der Waals surface area (Å²) in [5.74, 6) is 0. The smallest absolute Gasteiger partial charge is 0.124 e. The predicted molar refractivity (Wildman–Crippen MR) is 156 cm³/mol. The van der Waals surface area contributed by atoms with Crippen LogP contribution in [0.4, 0.5) is 11.4 Å². The lowest BCUT2D eigenvalue weighted by Crippen LogP contribution is -1.88. The Morgan fingerprint density at radius 1 is 0.583 bits per heavy atom. The Morgan fingerprint density at radius 3 is 1.39 bits per heavy atom. The highest BCUT2D eigenvalue weighted by Gasteiger charge is 2.09. The van der Waals surface area contributed by atoms with Gasteiger partial charge in [0, 0.05) is 46.6 Å². The molecule has 4 aromatic carbocycles. The average molecular weight is 549 g/mol. The second-order valence-electron chi connectivity index (χ2n) is 7.66. The Hall–Kier alpha value is -3.12. The molecule has 0 saturated carbocycles. The van der Waals surface area contributed by atoms with E-state index in [0.717, 1.165) is 41.6 Å². The second kappa shape index (κ2) is 10.9. The van der Waals surface area contributed by atoms with Gasteiger partial charge < -0.3 is 20.6 Å². The molecule has 0 bridgehead atoms. The van der Waals surface area contributed by atoms with E-state index in [4.69, 9.17) is 20.6 Å². The normalized spacial score (nSPS) is 10.9. The van der Waals surface area contributed by atoms with Gasteiger partial charge in [-0.3, -0.25) is 0 Å². The number of nitrogen functional groups attached to an aromatic ring is 2. The molecular formula is C26H20N4O2S4. The van der Waals surface area contributed by atoms with Crippen molar-refractivity contribution in [3.63, 3.8) is 0 Å². The van der Waals surface area contributed by atoms with Crippen molar-refractivity contribution >= 4 is 78.6 Å². The highest BCUT2D eigenvalue weighted by atomic mass is 32.2. The van der Waals surface area contributed by atoms with Crippen LogP contribution >= 0.6 is 46.8 Å². The van der Waals surface area contributed by atoms with Crippen LogP contribution in [0, 0.1) is 0 Å². The van der Waals surface area contributed by atoms with Gasteiger partial charge in [0.25, 0.3) is 0 Å². The SMILES string of the molecule is Nc1ccc(-c2nc3ccccc3s2)cc1SO.Nc1ccc(-c2nc3ccccc3s2)cc1SO. The molecule has 6 N–H and O–H groups in total. The fourth-order valence-electron chi connectivity index (χ4n) is 3.48. The van der Waals surface area contributed by atoms with Crippen molar-refractivity contribution in [1.29, 1.82) is 0 Å². The molecule has 0 aliphatic rings. The fraction of sp³-hybridized carbons (Fsp3) is 0. The molecular weight excluding hydrogens is 529 g/mol. The third-order valence-electron chi connectivity index (χ3n) is 5.31. The largest absolute Gasteiger partial charge is 0.398 e. The zero-order chi connectivity index (χ0) is 25.1. The van der Waals surface area contributed by atoms with Gasteiger partial charge in [-0.05, 0) is 60.7 Å². The Labute approximate surface area is 224 Å². The molecule has 6 rings (SSSR count). The number of benzene rings is 4. The molecule has 0 fully saturated rings. The first-order chi connectivity index (χ1) is 17.6. The van der Waals surface area contributed by atoms with Crippen molar-refractivity contribution in [3.05, 3.63) is 84.9 Å². The van der Waals surface area contributed by atoms with Crippen molar-refractivity contribution in [2.75, 3.05) is 11.5 Å². The summed E-state index contributed by atoms with van der Waals surface area (Å²) in [5.41, 5.74) is 16.6. The molecule has 10 heteroatoms. The molecule has 0 saturated heterocycles. The Kier molecular flexibility index (Phi) is 7.42. The molecule has 0 unspecified atom stereocenters. The van der Waals surface area contributed by atoms with Crippen molar-refractivity contribution in [1.82, 2.24) is 9.97 Å². The summed E-state index contributed by atoms with van der Waals surface area (Å²) in [6, 6.07) is 27.2. The van der Waals surface area contributed by atoms with Gasteiger partial charge in [-0.2, -0.15) is 0 Å². The average Bonchev–Trinajstić information content (AvgIpc) is 3.54. The number of para-hydroxylation sites is 2. The van der Waals surface area contributed by atoms with Gasteiger partial charge in [-0.25, -0.2) is 9.97 Å². The Bertz CT molecular complexity index is 1480. The third-order valence-corrected chi connectivity index (χ3v) is 8.58. The van der Waals surface area contributed by atoms with Gasteiger partial charge in [0.15, 0.2) is 0 Å². The number of nitrogens with two attached hydrogens (primary N) is 2. The minimum Gasteiger partial charge on any atom is -0.398 e. The van der Waals surface area contributed by atoms with Gasteiger partial charge >= 0.3 is 0 Å². The molecule has 2 heterocycles. The minimum absolute atomic E-state index is 0.576. The van der Waals surface area contributed by atoms with E-state index >= 15 is 0 Å². The van der Waals surface area contributed by atoms with E-state index in [0.29, 0.717) is 45.3 Å². The molecule has 0 radical (unpaired) electrons. The molecule has 2 aromatic heterocycles. The number of aromatic nitrogens is 2. The lowest BCUT2D eigenvalue weighted by molar-refractivity contribution is 0.663. The molecule has 36 heavy (non-hydrogen) atoms. The molecule has 180 valence electrons. The van der Waals surface area contributed by atoms with Crippen molar-refractivity contribution in [3.8, 4) is 21.1 Å². The first-order valence-electron chi connectivity index (χ1n) is 10.7. The number of thiazole rings is 2. The number of rotatable bonds is 4. The molecule has 0 atom stereocenters. The van der Waals surface area contributed by atoms with Crippen LogP contribution in [0.5, 0.6) is 0 Å². The zero-order valence-electron chi connectivity index (χ0n) is 18.7. The van der Waals surface area contributed by atoms with Crippen LogP contribution in [0.2, 0.25) is 0 Å². The lowest BCUT2D eigenvalue weighted by Gasteiger charge is -2.02. The number of fused-ring (bicyclic) bond motifs is 2. The summed E-state index contributed by atoms with van der Waals surface area (Å²) in [4.78, 5) is 10.5. The van der Waals surface area contributed by atoms with E-state index in [9.17, 15) is 0 Å². The molecule has 0 spiro atoms. The van der Waals surface area contributed by atoms with Gasteiger partial charge in [0.1, 0.15) is 10.0 Å². The van der Waals surface area contributed by atoms with Crippen LogP contribution in [-0.2, 0) is 0 Å². The topological polar surface area (TPSA) is 118 Å². The maximum Gasteiger partial charge on any atom is 0.124 e. The molecule has 6 nitrogen and oxygen atoms in total. The van der Waals surface area contributed by atoms with E-state index in [1.165, 1.54) is 0 Å². The maximum atomic E-state index is 9.15. The maximum absolute atomic E-state index is 9.15. The summed E-state index contributed by atoms with van der Waals surface area (Å²) in [6.45, 7) is 0. The van der Waals surface area contributed by atoms with Crippen LogP contribution in [0.3, 0.4) is 0 Å². The van der Waals surface area contributed by atoms with E-state index < -0.39 is 0 Å². The molecule has 6 aromatic rings. The van der Waals surface area contributed by atoms with Gasteiger partial charge in [0.2, 0.25) is 0 Å². The van der Waals surface area contributed by atoms with Gasteiger partial charge in [-0.1, -0.05) is 24.3 Å². The summed E-state index contributed by atoms with van der Waals surface area (Å²) >= 11 is 4.59. The van der Waals surface area contributed by atoms with Crippen LogP contribution in [0.1, 0.15) is 0 Å². The van der Waals surface area contributed by atoms with Crippen LogP contribution < -0.4 is 11.5 Å². The van der Waals surface area contributed by atoms with Crippen LogP contribution in [0.15, 0.2) is 94.7 Å². The lowest BCUT2D eigenvalue weighted by atomic mass is 10.2. The van der Waals surface area contributed by atoms with E-state index in [1.807, 2.05) is 60.7 Å². The van der Waals surface area contributed by atoms with Gasteiger partial charge in [-0.15, -0.1) is 22.7 Å². The highest BCUT2D eigenvalue weighted by molar-refractivity contribution is 7.94. The van der Waals surface area contributed by atoms with E-state index in [2.05, 4.69) is 22.1 Å². The first kappa shape index (κ1) is 24.6. The predicted octanol–water partition coefficient (Wildman–Crippen LogP) is 8.22. The zero-order valence-corrected chi connectivity index (χ0v) is 21.9. The van der Waals surface area contributed by atoms with Crippen LogP contribution in [-0.4, -0.2) is 19.1 Å². The van der Waals surface area contributed by atoms with E-state index in [-0.39, 0.29) is 0 Å². The van der Waals surface area contributed by atoms with Crippen molar-refractivity contribution in [2.45, 2.75) is 9.79 Å². The summed E-state index contributed by atoms with van der Waals surface area (Å²) in [5, 5.41) is 1.87. The fourth-order valence-corrected chi connectivity index (χ4v) is 6.11. The Balaban J connectivity index is 0.000000148. The monoisotopic (exact) mass is 548 g/mol. The third kappa shape index (κ3) is 5.19. The highest BCUT2D eigenvalue weighted by Crippen LogP contribution is 2.35. The Morgan fingerprint density at radius 2 is 1.00 bits per heavy atom. The number of hydrogen-bond acceptors (Lipinski definition) is 10. The first-order valence-corrected chi connectivity index (χ1v) is 13.9. The van der Waals surface area contributed by atoms with E-state index in [1.54, 1.807) is 34.8 Å². The summed E-state index contributed by atoms with van der Waals surface area (Å²) < 4.78 is 20.6. The van der Waals surface area contributed by atoms with Crippen molar-refractivity contribution in [2.24, 2.45) is 0 Å². The second-order valence-corrected chi connectivity index (χ2v) is 11.0. The minimum atomic E-state index is 0.576. The quantitative estimate of drug-likeness (QED) is 0.128. The standard InChI is InChI=1S/2C13H10N2OS2/c2*14-9-6-5-8(7-12(9)18-16)13-15-10-3-1-2-4-11(10)17-13/h2*1-7,16H,14H2. The summed E-state index contributed by atoms with van der Waals surface area (Å²) in [7, 11) is 0. The molecule has 0 aliphatic heterocycles. The number of nitrogens with zero attached hydrogens (tertiary/aromatic N) is 2. The molecule has 0 aliphatic carbocycles. The van der Waals surface area contributed by atoms with Crippen LogP contribution in [0.25, 0.3) is 41.6 Å². The van der Waals surface area contributed by atoms with Gasteiger partial charge in [0.05, 0.1) is 30.2 Å².